The molecule has 0 spiro atoms. The summed E-state index contributed by atoms with van der Waals surface area (Å²) in [7, 11) is 0. The topological polar surface area (TPSA) is 152 Å². The van der Waals surface area contributed by atoms with Crippen molar-refractivity contribution in [1.82, 2.24) is 15.2 Å². The molecule has 0 bridgehead atoms. The van der Waals surface area contributed by atoms with Gasteiger partial charge in [-0.05, 0) is 11.1 Å². The molecule has 2 aromatic rings. The number of anilines is 1. The SMILES string of the molecule is Nc1cnc(SCC2=C(C(=O)O)N3C(=O)C(NC(=O)C(N)c4ccccc4)[C@@H]3SC2)s1. The number of carboxylic acid groups (broad SMARTS) is 1. The number of hydrogen-bond donors (Lipinski definition) is 4. The monoisotopic (exact) mass is 477 g/mol. The summed E-state index contributed by atoms with van der Waals surface area (Å²) in [6.45, 7) is 0. The van der Waals surface area contributed by atoms with E-state index in [2.05, 4.69) is 10.3 Å². The number of carbonyl (C=O) groups is 3. The molecule has 1 aromatic carbocycles. The minimum atomic E-state index is -1.17. The molecular weight excluding hydrogens is 458 g/mol. The highest BCUT2D eigenvalue weighted by atomic mass is 32.2. The number of carbonyl (C=O) groups excluding carboxylic acids is 2. The lowest BCUT2D eigenvalue weighted by Gasteiger charge is -2.49. The molecule has 3 heterocycles. The van der Waals surface area contributed by atoms with E-state index in [1.165, 1.54) is 39.8 Å². The van der Waals surface area contributed by atoms with E-state index in [-0.39, 0.29) is 5.70 Å². The number of aliphatic carboxylic acids is 1. The molecule has 2 aliphatic rings. The van der Waals surface area contributed by atoms with E-state index in [9.17, 15) is 19.5 Å². The summed E-state index contributed by atoms with van der Waals surface area (Å²) in [5.74, 6) is -1.29. The van der Waals surface area contributed by atoms with Gasteiger partial charge in [-0.25, -0.2) is 9.78 Å². The minimum absolute atomic E-state index is 0.0244. The lowest BCUT2D eigenvalue weighted by molar-refractivity contribution is -0.150. The van der Waals surface area contributed by atoms with E-state index in [4.69, 9.17) is 11.5 Å². The molecule has 31 heavy (non-hydrogen) atoms. The molecule has 1 saturated heterocycles. The van der Waals surface area contributed by atoms with Crippen LogP contribution in [0.5, 0.6) is 0 Å². The van der Waals surface area contributed by atoms with Gasteiger partial charge < -0.3 is 21.9 Å². The molecule has 1 aromatic heterocycles. The van der Waals surface area contributed by atoms with Crippen molar-refractivity contribution in [3.63, 3.8) is 0 Å². The molecule has 9 nitrogen and oxygen atoms in total. The van der Waals surface area contributed by atoms with Crippen LogP contribution in [0.15, 0.2) is 52.1 Å². The zero-order chi connectivity index (χ0) is 22.1. The molecule has 12 heteroatoms. The van der Waals surface area contributed by atoms with Crippen LogP contribution in [0.1, 0.15) is 11.6 Å². The Morgan fingerprint density at radius 3 is 2.74 bits per heavy atom. The van der Waals surface area contributed by atoms with E-state index >= 15 is 0 Å². The quantitative estimate of drug-likeness (QED) is 0.341. The lowest BCUT2D eigenvalue weighted by Crippen LogP contribution is -2.71. The number of fused-ring (bicyclic) bond motifs is 1. The fraction of sp³-hybridized carbons (Fsp3) is 0.263. The maximum absolute atomic E-state index is 12.8. The smallest absolute Gasteiger partial charge is 0.352 e. The van der Waals surface area contributed by atoms with Gasteiger partial charge in [-0.3, -0.25) is 14.5 Å². The van der Waals surface area contributed by atoms with Crippen LogP contribution < -0.4 is 16.8 Å². The van der Waals surface area contributed by atoms with Gasteiger partial charge in [0.2, 0.25) is 5.91 Å². The van der Waals surface area contributed by atoms with Crippen molar-refractivity contribution in [2.75, 3.05) is 17.2 Å². The first-order chi connectivity index (χ1) is 14.9. The number of β-lactam (4-membered cyclic amide) rings is 1. The van der Waals surface area contributed by atoms with Crippen molar-refractivity contribution in [2.45, 2.75) is 21.8 Å². The molecular formula is C19H19N5O4S3. The normalized spacial score (nSPS) is 21.3. The number of nitrogens with two attached hydrogens (primary N) is 2. The van der Waals surface area contributed by atoms with Gasteiger partial charge in [-0.15, -0.1) is 11.8 Å². The van der Waals surface area contributed by atoms with Gasteiger partial charge in [-0.1, -0.05) is 53.4 Å². The Balaban J connectivity index is 1.45. The summed E-state index contributed by atoms with van der Waals surface area (Å²) >= 11 is 4.12. The predicted molar refractivity (Wildman–Crippen MR) is 120 cm³/mol. The standard InChI is InChI=1S/C19H19N5O4S3/c20-11-6-22-19(31-11)30-8-10-7-29-17-13(16(26)24(17)14(10)18(27)28)23-15(25)12(21)9-4-2-1-3-5-9/h1-6,12-13,17H,7-8,20-21H2,(H,23,25)(H,27,28)/t12?,13?,17-/m0/s1. The highest BCUT2D eigenvalue weighted by Gasteiger charge is 2.54. The molecule has 1 fully saturated rings. The molecule has 3 atom stereocenters. The number of thioether (sulfide) groups is 2. The molecule has 2 amide bonds. The average Bonchev–Trinajstić information content (AvgIpc) is 3.20. The summed E-state index contributed by atoms with van der Waals surface area (Å²) in [6, 6.07) is 7.12. The Morgan fingerprint density at radius 1 is 1.35 bits per heavy atom. The third-order valence-corrected chi connectivity index (χ3v) is 8.27. The van der Waals surface area contributed by atoms with Crippen molar-refractivity contribution in [2.24, 2.45) is 5.73 Å². The Hall–Kier alpha value is -2.54. The van der Waals surface area contributed by atoms with Gasteiger partial charge in [0, 0.05) is 11.5 Å². The van der Waals surface area contributed by atoms with E-state index in [1.807, 2.05) is 6.07 Å². The van der Waals surface area contributed by atoms with Crippen molar-refractivity contribution < 1.29 is 19.5 Å². The molecule has 6 N–H and O–H groups in total. The first kappa shape index (κ1) is 21.7. The molecule has 0 saturated carbocycles. The Labute approximate surface area is 190 Å². The van der Waals surface area contributed by atoms with Gasteiger partial charge in [0.15, 0.2) is 4.34 Å². The molecule has 4 rings (SSSR count). The highest BCUT2D eigenvalue weighted by Crippen LogP contribution is 2.42. The van der Waals surface area contributed by atoms with Crippen LogP contribution in [0.2, 0.25) is 0 Å². The lowest BCUT2D eigenvalue weighted by atomic mass is 10.0. The van der Waals surface area contributed by atoms with Crippen LogP contribution in [0.4, 0.5) is 5.00 Å². The van der Waals surface area contributed by atoms with Gasteiger partial charge in [0.25, 0.3) is 5.91 Å². The number of hydrogen-bond acceptors (Lipinski definition) is 9. The van der Waals surface area contributed by atoms with Gasteiger partial charge >= 0.3 is 5.97 Å². The molecule has 0 radical (unpaired) electrons. The summed E-state index contributed by atoms with van der Waals surface area (Å²) in [6.07, 6.45) is 1.55. The van der Waals surface area contributed by atoms with Crippen LogP contribution in [0, 0.1) is 0 Å². The second-order valence-corrected chi connectivity index (χ2v) is 10.2. The maximum Gasteiger partial charge on any atom is 0.352 e. The van der Waals surface area contributed by atoms with Gasteiger partial charge in [0.05, 0.1) is 6.20 Å². The number of nitrogens with one attached hydrogen (secondary N) is 1. The van der Waals surface area contributed by atoms with Gasteiger partial charge in [0.1, 0.15) is 28.2 Å². The Morgan fingerprint density at radius 2 is 2.10 bits per heavy atom. The third kappa shape index (κ3) is 4.28. The fourth-order valence-electron chi connectivity index (χ4n) is 3.33. The van der Waals surface area contributed by atoms with Crippen LogP contribution in [0.3, 0.4) is 0 Å². The zero-order valence-corrected chi connectivity index (χ0v) is 18.5. The molecule has 0 aliphatic carbocycles. The van der Waals surface area contributed by atoms with Gasteiger partial charge in [-0.2, -0.15) is 0 Å². The van der Waals surface area contributed by atoms with Crippen LogP contribution in [-0.4, -0.2) is 55.7 Å². The minimum Gasteiger partial charge on any atom is -0.477 e. The Kier molecular flexibility index (Phi) is 6.23. The van der Waals surface area contributed by atoms with Crippen LogP contribution >= 0.6 is 34.9 Å². The first-order valence-corrected chi connectivity index (χ1v) is 12.1. The summed E-state index contributed by atoms with van der Waals surface area (Å²) in [5.41, 5.74) is 12.9. The second-order valence-electron chi connectivity index (χ2n) is 6.86. The molecule has 2 aliphatic heterocycles. The van der Waals surface area contributed by atoms with Crippen molar-refractivity contribution >= 4 is 57.6 Å². The van der Waals surface area contributed by atoms with Crippen molar-refractivity contribution in [3.05, 3.63) is 53.4 Å². The largest absolute Gasteiger partial charge is 0.477 e. The van der Waals surface area contributed by atoms with Crippen molar-refractivity contribution in [3.8, 4) is 0 Å². The van der Waals surface area contributed by atoms with E-state index in [0.29, 0.717) is 27.6 Å². The highest BCUT2D eigenvalue weighted by molar-refractivity contribution is 8.02. The fourth-order valence-corrected chi connectivity index (χ4v) is 6.59. The van der Waals surface area contributed by atoms with E-state index in [1.54, 1.807) is 30.5 Å². The average molecular weight is 478 g/mol. The number of nitrogens with zero attached hydrogens (tertiary/aromatic N) is 2. The number of amides is 2. The zero-order valence-electron chi connectivity index (χ0n) is 16.1. The first-order valence-electron chi connectivity index (χ1n) is 9.22. The van der Waals surface area contributed by atoms with Crippen LogP contribution in [-0.2, 0) is 14.4 Å². The summed E-state index contributed by atoms with van der Waals surface area (Å²) < 4.78 is 0.733. The van der Waals surface area contributed by atoms with E-state index < -0.39 is 35.2 Å². The number of carboxylic acids is 1. The number of thiazole rings is 1. The summed E-state index contributed by atoms with van der Waals surface area (Å²) in [4.78, 5) is 42.6. The van der Waals surface area contributed by atoms with E-state index in [0.717, 1.165) is 4.34 Å². The number of nitrogen functional groups attached to an aromatic ring is 1. The molecule has 162 valence electrons. The number of benzene rings is 1. The molecule has 2 unspecified atom stereocenters. The maximum atomic E-state index is 12.8. The number of rotatable bonds is 7. The Bertz CT molecular complexity index is 1060. The van der Waals surface area contributed by atoms with Crippen molar-refractivity contribution in [1.29, 1.82) is 0 Å². The second kappa shape index (κ2) is 8.91. The summed E-state index contributed by atoms with van der Waals surface area (Å²) in [5, 5.41) is 12.5. The number of aromatic nitrogens is 1. The third-order valence-electron chi connectivity index (χ3n) is 4.86. The van der Waals surface area contributed by atoms with Crippen LogP contribution in [0.25, 0.3) is 0 Å². The predicted octanol–water partition coefficient (Wildman–Crippen LogP) is 1.26.